The maximum absolute atomic E-state index is 14.9. The molecule has 17 heteroatoms. The van der Waals surface area contributed by atoms with Crippen molar-refractivity contribution in [3.63, 3.8) is 0 Å². The molecule has 0 atom stereocenters. The van der Waals surface area contributed by atoms with Crippen LogP contribution in [0.2, 0.25) is 5.02 Å². The SMILES string of the molecule is Cc1nc2c(N3CCN(C(=O)O)CC3)nnc(-c3ccccc3C(C)C)c2cc1-c1c(O)cccc1F.Cc1nc2c(N3CCN(C(=O)OC(C)(C)C)CC3)nnc(-c3ccccc3C(C)C)c2cc1Cl. The number of aromatic hydroxyl groups is 1. The molecular weight excluding hydrogens is 923 g/mol. The normalized spacial score (nSPS) is 14.3. The predicted molar refractivity (Wildman–Crippen MR) is 277 cm³/mol. The molecule has 4 aromatic heterocycles. The molecule has 2 aliphatic heterocycles. The molecule has 0 aliphatic carbocycles. The van der Waals surface area contributed by atoms with Gasteiger partial charge in [0.25, 0.3) is 0 Å². The summed E-state index contributed by atoms with van der Waals surface area (Å²) in [6.07, 6.45) is -1.23. The molecular formula is C54H60ClFN10O5. The van der Waals surface area contributed by atoms with Crippen molar-refractivity contribution in [3.05, 3.63) is 112 Å². The fourth-order valence-electron chi connectivity index (χ4n) is 9.11. The fourth-order valence-corrected chi connectivity index (χ4v) is 9.26. The number of aryl methyl sites for hydroxylation is 2. The average molecular weight is 984 g/mol. The van der Waals surface area contributed by atoms with Crippen LogP contribution in [0.3, 0.4) is 0 Å². The summed E-state index contributed by atoms with van der Waals surface area (Å²) in [5, 5.41) is 40.6. The van der Waals surface area contributed by atoms with Crippen molar-refractivity contribution in [2.24, 2.45) is 0 Å². The summed E-state index contributed by atoms with van der Waals surface area (Å²) in [7, 11) is 0. The number of halogens is 2. The van der Waals surface area contributed by atoms with Crippen molar-refractivity contribution in [3.8, 4) is 39.4 Å². The van der Waals surface area contributed by atoms with Crippen LogP contribution in [0.15, 0.2) is 78.9 Å². The van der Waals surface area contributed by atoms with Crippen LogP contribution >= 0.6 is 11.6 Å². The van der Waals surface area contributed by atoms with Crippen molar-refractivity contribution in [2.45, 2.75) is 79.8 Å². The van der Waals surface area contributed by atoms with Gasteiger partial charge in [-0.15, -0.1) is 20.4 Å². The lowest BCUT2D eigenvalue weighted by molar-refractivity contribution is 0.0240. The summed E-state index contributed by atoms with van der Waals surface area (Å²) in [5.74, 6) is 1.12. The number of hydrogen-bond donors (Lipinski definition) is 2. The van der Waals surface area contributed by atoms with E-state index in [9.17, 15) is 24.2 Å². The van der Waals surface area contributed by atoms with E-state index in [1.165, 1.54) is 28.7 Å². The molecule has 6 heterocycles. The van der Waals surface area contributed by atoms with Crippen LogP contribution in [-0.4, -0.2) is 121 Å². The number of amides is 2. The van der Waals surface area contributed by atoms with Crippen LogP contribution in [0.1, 0.15) is 82.8 Å². The standard InChI is InChI=1S/C28H28FN5O3.C26H32ClN5O2/c1-16(2)18-7-4-5-8-19(18)25-21-15-20(24-22(29)9-6-10-23(24)35)17(3)30-26(21)27(32-31-25)33-11-13-34(14-12-33)28(36)37;1-16(2)18-9-7-8-10-19(18)22-20-15-21(27)17(3)28-23(20)24(30-29-22)31-11-13-32(14-12-31)25(33)34-26(4,5)6/h4-10,15-16,35H,11-14H2,1-3H3,(H,36,37);7-10,15-16H,11-14H2,1-6H3. The van der Waals surface area contributed by atoms with Gasteiger partial charge in [0.15, 0.2) is 11.6 Å². The maximum Gasteiger partial charge on any atom is 0.410 e. The smallest absolute Gasteiger partial charge is 0.410 e. The molecule has 2 aliphatic rings. The molecule has 0 spiro atoms. The van der Waals surface area contributed by atoms with Gasteiger partial charge in [-0.05, 0) is 81.8 Å². The highest BCUT2D eigenvalue weighted by Crippen LogP contribution is 2.41. The molecule has 7 aromatic rings. The Kier molecular flexibility index (Phi) is 14.6. The van der Waals surface area contributed by atoms with Gasteiger partial charge < -0.3 is 34.5 Å². The maximum atomic E-state index is 14.9. The molecule has 9 rings (SSSR count). The first-order chi connectivity index (χ1) is 33.8. The van der Waals surface area contributed by atoms with E-state index in [2.05, 4.69) is 71.2 Å². The molecule has 0 bridgehead atoms. The van der Waals surface area contributed by atoms with Crippen LogP contribution in [0, 0.1) is 19.7 Å². The molecule has 2 N–H and O–H groups in total. The van der Waals surface area contributed by atoms with E-state index >= 15 is 0 Å². The van der Waals surface area contributed by atoms with Gasteiger partial charge in [-0.1, -0.05) is 93.9 Å². The Labute approximate surface area is 418 Å². The number of anilines is 2. The lowest BCUT2D eigenvalue weighted by Gasteiger charge is -2.36. The van der Waals surface area contributed by atoms with Crippen LogP contribution < -0.4 is 9.80 Å². The Balaban J connectivity index is 0.000000191. The van der Waals surface area contributed by atoms with E-state index in [4.69, 9.17) is 26.3 Å². The number of carboxylic acid groups (broad SMARTS) is 1. The van der Waals surface area contributed by atoms with Gasteiger partial charge in [0.1, 0.15) is 39.6 Å². The second kappa shape index (κ2) is 20.6. The summed E-state index contributed by atoms with van der Waals surface area (Å²) < 4.78 is 20.4. The Bertz CT molecular complexity index is 3110. The van der Waals surface area contributed by atoms with Crippen LogP contribution in [0.5, 0.6) is 5.75 Å². The molecule has 0 saturated carbocycles. The van der Waals surface area contributed by atoms with E-state index in [1.807, 2.05) is 75.1 Å². The van der Waals surface area contributed by atoms with Crippen molar-refractivity contribution in [1.82, 2.24) is 40.2 Å². The molecule has 2 saturated heterocycles. The first-order valence-corrected chi connectivity index (χ1v) is 24.3. The Morgan fingerprint density at radius 3 is 1.61 bits per heavy atom. The number of hydrogen-bond acceptors (Lipinski definition) is 12. The number of nitrogens with zero attached hydrogens (tertiary/aromatic N) is 10. The van der Waals surface area contributed by atoms with Gasteiger partial charge in [-0.3, -0.25) is 0 Å². The number of carbonyl (C=O) groups is 2. The Hall–Kier alpha value is -7.20. The first-order valence-electron chi connectivity index (χ1n) is 23.9. The minimum absolute atomic E-state index is 0.0888. The van der Waals surface area contributed by atoms with Gasteiger partial charge in [0, 0.05) is 85.5 Å². The Morgan fingerprint density at radius 1 is 0.648 bits per heavy atom. The minimum atomic E-state index is -0.945. The van der Waals surface area contributed by atoms with Crippen LogP contribution in [0.25, 0.3) is 55.4 Å². The zero-order valence-corrected chi connectivity index (χ0v) is 42.4. The van der Waals surface area contributed by atoms with E-state index in [-0.39, 0.29) is 23.3 Å². The second-order valence-corrected chi connectivity index (χ2v) is 19.9. The van der Waals surface area contributed by atoms with Gasteiger partial charge >= 0.3 is 12.2 Å². The van der Waals surface area contributed by atoms with Gasteiger partial charge in [0.2, 0.25) is 0 Å². The second-order valence-electron chi connectivity index (χ2n) is 19.5. The van der Waals surface area contributed by atoms with E-state index in [0.717, 1.165) is 39.0 Å². The monoisotopic (exact) mass is 982 g/mol. The number of fused-ring (bicyclic) bond motifs is 2. The highest BCUT2D eigenvalue weighted by Gasteiger charge is 2.30. The molecule has 3 aromatic carbocycles. The third-order valence-electron chi connectivity index (χ3n) is 12.8. The number of aromatic nitrogens is 6. The first kappa shape index (κ1) is 50.2. The average Bonchev–Trinajstić information content (AvgIpc) is 3.33. The predicted octanol–water partition coefficient (Wildman–Crippen LogP) is 11.3. The lowest BCUT2D eigenvalue weighted by Crippen LogP contribution is -2.50. The van der Waals surface area contributed by atoms with Crippen LogP contribution in [-0.2, 0) is 4.74 Å². The summed E-state index contributed by atoms with van der Waals surface area (Å²) in [6.45, 7) is 21.8. The van der Waals surface area contributed by atoms with Gasteiger partial charge in [-0.25, -0.2) is 23.9 Å². The summed E-state index contributed by atoms with van der Waals surface area (Å²) >= 11 is 6.51. The largest absolute Gasteiger partial charge is 0.507 e. The zero-order valence-electron chi connectivity index (χ0n) is 41.7. The molecule has 370 valence electrons. The number of carbonyl (C=O) groups excluding carboxylic acids is 1. The van der Waals surface area contributed by atoms with E-state index < -0.39 is 17.5 Å². The summed E-state index contributed by atoms with van der Waals surface area (Å²) in [5.41, 5.74) is 8.36. The number of pyridine rings is 2. The lowest BCUT2D eigenvalue weighted by atomic mass is 9.92. The van der Waals surface area contributed by atoms with Crippen molar-refractivity contribution >= 4 is 57.2 Å². The topological polar surface area (TPSA) is 174 Å². The molecule has 2 fully saturated rings. The van der Waals surface area contributed by atoms with E-state index in [1.54, 1.807) is 11.8 Å². The van der Waals surface area contributed by atoms with Crippen molar-refractivity contribution < 1.29 is 28.9 Å². The molecule has 0 radical (unpaired) electrons. The summed E-state index contributed by atoms with van der Waals surface area (Å²) in [6, 6.07) is 24.2. The fraction of sp³-hybridized carbons (Fsp3) is 0.370. The highest BCUT2D eigenvalue weighted by molar-refractivity contribution is 6.32. The molecule has 15 nitrogen and oxygen atoms in total. The quantitative estimate of drug-likeness (QED) is 0.155. The number of phenols is 1. The molecule has 0 unspecified atom stereocenters. The van der Waals surface area contributed by atoms with Crippen molar-refractivity contribution in [2.75, 3.05) is 62.2 Å². The third kappa shape index (κ3) is 10.6. The van der Waals surface area contributed by atoms with Crippen molar-refractivity contribution in [1.29, 1.82) is 0 Å². The van der Waals surface area contributed by atoms with Crippen LogP contribution in [0.4, 0.5) is 25.6 Å². The Morgan fingerprint density at radius 2 is 1.13 bits per heavy atom. The number of phenolic OH excluding ortho intramolecular Hbond substituents is 1. The third-order valence-corrected chi connectivity index (χ3v) is 13.2. The number of rotatable bonds is 7. The molecule has 71 heavy (non-hydrogen) atoms. The summed E-state index contributed by atoms with van der Waals surface area (Å²) in [4.78, 5) is 40.8. The molecule has 2 amide bonds. The number of ether oxygens (including phenoxy) is 1. The number of benzene rings is 3. The van der Waals surface area contributed by atoms with Gasteiger partial charge in [-0.2, -0.15) is 0 Å². The van der Waals surface area contributed by atoms with E-state index in [0.29, 0.717) is 103 Å². The highest BCUT2D eigenvalue weighted by atomic mass is 35.5. The minimum Gasteiger partial charge on any atom is -0.507 e. The number of piperazine rings is 2. The zero-order chi connectivity index (χ0) is 50.9. The van der Waals surface area contributed by atoms with Gasteiger partial charge in [0.05, 0.1) is 16.3 Å².